The Balaban J connectivity index is 1.72. The van der Waals surface area contributed by atoms with Crippen molar-refractivity contribution in [2.75, 3.05) is 13.7 Å². The highest BCUT2D eigenvalue weighted by atomic mass is 35.5. The third kappa shape index (κ3) is 5.75. The third-order valence-corrected chi connectivity index (χ3v) is 8.26. The standard InChI is InChI=1S/C30H25Cl3N2O5S/c1-4-6-22-26(29(37)39-5-2)27(20-14-17(32)8-11-23(20)38-3)35-28(36)25(41-30(35)34-22)15-18-9-12-24(40-18)19-13-16(31)7-10-21(19)33/h7-15,27H,4-6H2,1-3H3/b25-15+/t27-/m0/s1. The minimum atomic E-state index is -0.861. The van der Waals surface area contributed by atoms with Crippen molar-refractivity contribution in [3.8, 4) is 17.1 Å². The zero-order chi connectivity index (χ0) is 29.3. The number of benzene rings is 2. The molecule has 2 aromatic carbocycles. The van der Waals surface area contributed by atoms with Crippen molar-refractivity contribution in [2.45, 2.75) is 32.7 Å². The van der Waals surface area contributed by atoms with Crippen LogP contribution in [0.4, 0.5) is 0 Å². The van der Waals surface area contributed by atoms with Gasteiger partial charge in [0.25, 0.3) is 5.56 Å². The van der Waals surface area contributed by atoms with Crippen LogP contribution in [0.25, 0.3) is 17.4 Å². The average molecular weight is 632 g/mol. The molecule has 1 atom stereocenters. The second-order valence-electron chi connectivity index (χ2n) is 9.13. The van der Waals surface area contributed by atoms with Crippen LogP contribution >= 0.6 is 46.1 Å². The molecule has 0 unspecified atom stereocenters. The molecule has 41 heavy (non-hydrogen) atoms. The van der Waals surface area contributed by atoms with E-state index in [4.69, 9.17) is 53.7 Å². The molecular formula is C30H25Cl3N2O5S. The number of hydrogen-bond acceptors (Lipinski definition) is 7. The van der Waals surface area contributed by atoms with Crippen LogP contribution in [0.2, 0.25) is 15.1 Å². The molecule has 0 radical (unpaired) electrons. The van der Waals surface area contributed by atoms with Gasteiger partial charge in [-0.05, 0) is 61.9 Å². The third-order valence-electron chi connectivity index (χ3n) is 6.47. The van der Waals surface area contributed by atoms with Gasteiger partial charge in [-0.1, -0.05) is 59.5 Å². The van der Waals surface area contributed by atoms with E-state index in [9.17, 15) is 9.59 Å². The van der Waals surface area contributed by atoms with Gasteiger partial charge in [-0.2, -0.15) is 0 Å². The molecule has 7 nitrogen and oxygen atoms in total. The van der Waals surface area contributed by atoms with Gasteiger partial charge in [0.2, 0.25) is 0 Å². The fourth-order valence-corrected chi connectivity index (χ4v) is 6.29. The second-order valence-corrected chi connectivity index (χ2v) is 11.4. The smallest absolute Gasteiger partial charge is 0.338 e. The number of carbonyl (C=O) groups excluding carboxylic acids is 1. The maximum Gasteiger partial charge on any atom is 0.338 e. The molecule has 2 aromatic heterocycles. The molecule has 0 saturated carbocycles. The number of allylic oxidation sites excluding steroid dienone is 1. The van der Waals surface area contributed by atoms with Crippen LogP contribution in [0.1, 0.15) is 44.1 Å². The Morgan fingerprint density at radius 3 is 2.59 bits per heavy atom. The molecule has 0 saturated heterocycles. The number of esters is 1. The number of halogens is 3. The fraction of sp³-hybridized carbons (Fsp3) is 0.233. The zero-order valence-electron chi connectivity index (χ0n) is 22.4. The largest absolute Gasteiger partial charge is 0.496 e. The van der Waals surface area contributed by atoms with Crippen LogP contribution < -0.4 is 19.6 Å². The second kappa shape index (κ2) is 12.3. The van der Waals surface area contributed by atoms with E-state index in [1.165, 1.54) is 23.0 Å². The first-order chi connectivity index (χ1) is 19.7. The van der Waals surface area contributed by atoms with Gasteiger partial charge >= 0.3 is 5.97 Å². The van der Waals surface area contributed by atoms with E-state index in [0.29, 0.717) is 64.9 Å². The fourth-order valence-electron chi connectivity index (χ4n) is 4.72. The average Bonchev–Trinajstić information content (AvgIpc) is 3.53. The molecule has 1 aliphatic rings. The van der Waals surface area contributed by atoms with Gasteiger partial charge in [0.15, 0.2) is 4.80 Å². The number of aromatic nitrogens is 1. The highest BCUT2D eigenvalue weighted by molar-refractivity contribution is 7.07. The van der Waals surface area contributed by atoms with Crippen molar-refractivity contribution < 1.29 is 18.7 Å². The minimum absolute atomic E-state index is 0.170. The first-order valence-corrected chi connectivity index (χ1v) is 14.8. The van der Waals surface area contributed by atoms with E-state index in [1.807, 2.05) is 6.92 Å². The molecular weight excluding hydrogens is 607 g/mol. The lowest BCUT2D eigenvalue weighted by Crippen LogP contribution is -2.40. The summed E-state index contributed by atoms with van der Waals surface area (Å²) in [5.74, 6) is 0.877. The summed E-state index contributed by atoms with van der Waals surface area (Å²) in [5, 5.41) is 1.44. The molecule has 0 N–H and O–H groups in total. The van der Waals surface area contributed by atoms with Gasteiger partial charge in [-0.3, -0.25) is 9.36 Å². The van der Waals surface area contributed by atoms with Crippen molar-refractivity contribution in [3.05, 3.63) is 106 Å². The van der Waals surface area contributed by atoms with Crippen molar-refractivity contribution in [1.82, 2.24) is 4.57 Å². The summed E-state index contributed by atoms with van der Waals surface area (Å²) in [5.41, 5.74) is 1.68. The molecule has 0 spiro atoms. The normalized spacial score (nSPS) is 15.1. The summed E-state index contributed by atoms with van der Waals surface area (Å²) >= 11 is 20.1. The van der Waals surface area contributed by atoms with E-state index in [0.717, 1.165) is 6.42 Å². The molecule has 0 amide bonds. The van der Waals surface area contributed by atoms with Crippen LogP contribution in [0.15, 0.2) is 74.0 Å². The molecule has 3 heterocycles. The van der Waals surface area contributed by atoms with Crippen LogP contribution in [-0.4, -0.2) is 24.3 Å². The number of thiazole rings is 1. The predicted octanol–water partition coefficient (Wildman–Crippen LogP) is 6.81. The summed E-state index contributed by atoms with van der Waals surface area (Å²) in [6.45, 7) is 3.90. The van der Waals surface area contributed by atoms with E-state index in [-0.39, 0.29) is 17.7 Å². The molecule has 0 bridgehead atoms. The lowest BCUT2D eigenvalue weighted by molar-refractivity contribution is -0.139. The van der Waals surface area contributed by atoms with Crippen molar-refractivity contribution in [3.63, 3.8) is 0 Å². The summed E-state index contributed by atoms with van der Waals surface area (Å²) < 4.78 is 19.0. The number of carbonyl (C=O) groups is 1. The van der Waals surface area contributed by atoms with Crippen LogP contribution in [0.3, 0.4) is 0 Å². The Morgan fingerprint density at radius 1 is 1.10 bits per heavy atom. The maximum atomic E-state index is 14.0. The van der Waals surface area contributed by atoms with Gasteiger partial charge in [-0.25, -0.2) is 9.79 Å². The Morgan fingerprint density at radius 2 is 1.85 bits per heavy atom. The quantitative estimate of drug-likeness (QED) is 0.200. The van der Waals surface area contributed by atoms with E-state index >= 15 is 0 Å². The van der Waals surface area contributed by atoms with Crippen LogP contribution in [0.5, 0.6) is 5.75 Å². The molecule has 5 rings (SSSR count). The summed E-state index contributed by atoms with van der Waals surface area (Å²) in [6.07, 6.45) is 2.89. The Labute approximate surface area is 254 Å². The zero-order valence-corrected chi connectivity index (χ0v) is 25.5. The first kappa shape index (κ1) is 29.2. The summed E-state index contributed by atoms with van der Waals surface area (Å²) in [6, 6.07) is 12.8. The van der Waals surface area contributed by atoms with Crippen molar-refractivity contribution in [1.29, 1.82) is 0 Å². The Kier molecular flexibility index (Phi) is 8.75. The molecule has 1 aliphatic heterocycles. The van der Waals surface area contributed by atoms with E-state index in [2.05, 4.69) is 0 Å². The molecule has 11 heteroatoms. The summed E-state index contributed by atoms with van der Waals surface area (Å²) in [7, 11) is 1.53. The highest BCUT2D eigenvalue weighted by Gasteiger charge is 2.36. The number of furan rings is 1. The van der Waals surface area contributed by atoms with Gasteiger partial charge in [0.1, 0.15) is 23.3 Å². The number of ether oxygens (including phenoxy) is 2. The maximum absolute atomic E-state index is 14.0. The van der Waals surface area contributed by atoms with Crippen molar-refractivity contribution in [2.24, 2.45) is 4.99 Å². The van der Waals surface area contributed by atoms with Gasteiger partial charge in [-0.15, -0.1) is 0 Å². The highest BCUT2D eigenvalue weighted by Crippen LogP contribution is 2.38. The number of hydrogen-bond donors (Lipinski definition) is 0. The van der Waals surface area contributed by atoms with Crippen LogP contribution in [0, 0.1) is 0 Å². The minimum Gasteiger partial charge on any atom is -0.496 e. The van der Waals surface area contributed by atoms with E-state index < -0.39 is 12.0 Å². The number of methoxy groups -OCH3 is 1. The Hall–Kier alpha value is -3.30. The molecule has 0 fully saturated rings. The number of fused-ring (bicyclic) bond motifs is 1. The first-order valence-electron chi connectivity index (χ1n) is 12.9. The van der Waals surface area contributed by atoms with E-state index in [1.54, 1.807) is 61.5 Å². The number of nitrogens with zero attached hydrogens (tertiary/aromatic N) is 2. The van der Waals surface area contributed by atoms with Gasteiger partial charge in [0, 0.05) is 27.2 Å². The lowest BCUT2D eigenvalue weighted by atomic mass is 9.93. The SMILES string of the molecule is CCCC1=C(C(=O)OCC)[C@H](c2cc(Cl)ccc2OC)n2c(s/c(=C/c3ccc(-c4cc(Cl)ccc4Cl)o3)c2=O)=N1. The van der Waals surface area contributed by atoms with Crippen LogP contribution in [-0.2, 0) is 9.53 Å². The summed E-state index contributed by atoms with van der Waals surface area (Å²) in [4.78, 5) is 32.6. The molecule has 4 aromatic rings. The number of rotatable bonds is 8. The molecule has 0 aliphatic carbocycles. The molecule has 212 valence electrons. The topological polar surface area (TPSA) is 83.0 Å². The Bertz CT molecular complexity index is 1850. The lowest BCUT2D eigenvalue weighted by Gasteiger charge is -2.27. The van der Waals surface area contributed by atoms with Gasteiger partial charge < -0.3 is 13.9 Å². The van der Waals surface area contributed by atoms with Crippen molar-refractivity contribution >= 4 is 58.2 Å². The predicted molar refractivity (Wildman–Crippen MR) is 162 cm³/mol. The monoisotopic (exact) mass is 630 g/mol. The van der Waals surface area contributed by atoms with Gasteiger partial charge in [0.05, 0.1) is 34.5 Å².